The topological polar surface area (TPSA) is 46.2 Å². The van der Waals surface area contributed by atoms with Crippen LogP contribution in [-0.2, 0) is 24.4 Å². The van der Waals surface area contributed by atoms with Gasteiger partial charge in [-0.15, -0.1) is 0 Å². The van der Waals surface area contributed by atoms with Gasteiger partial charge in [0.25, 0.3) is 0 Å². The first kappa shape index (κ1) is 31.5. The Morgan fingerprint density at radius 1 is 0.705 bits per heavy atom. The molecule has 0 saturated heterocycles. The van der Waals surface area contributed by atoms with Crippen molar-refractivity contribution < 1.29 is 23.7 Å². The normalized spacial score (nSPS) is 16.2. The van der Waals surface area contributed by atoms with E-state index in [1.165, 1.54) is 11.1 Å². The Labute approximate surface area is 266 Å². The number of halogens is 1. The van der Waals surface area contributed by atoms with Crippen molar-refractivity contribution in [2.24, 2.45) is 11.8 Å². The van der Waals surface area contributed by atoms with Crippen molar-refractivity contribution in [3.8, 4) is 23.0 Å². The largest absolute Gasteiger partial charge is 0.497 e. The Bertz CT molecular complexity index is 1500. The van der Waals surface area contributed by atoms with Crippen molar-refractivity contribution in [3.63, 3.8) is 0 Å². The lowest BCUT2D eigenvalue weighted by molar-refractivity contribution is 0.0908. The highest BCUT2D eigenvalue weighted by Crippen LogP contribution is 2.40. The van der Waals surface area contributed by atoms with Gasteiger partial charge in [-0.3, -0.25) is 0 Å². The fraction of sp³-hybridized carbons (Fsp3) is 0.316. The van der Waals surface area contributed by atoms with Gasteiger partial charge in [0.15, 0.2) is 0 Å². The number of hydrogen-bond acceptors (Lipinski definition) is 5. The van der Waals surface area contributed by atoms with Crippen LogP contribution in [-0.4, -0.2) is 27.4 Å². The summed E-state index contributed by atoms with van der Waals surface area (Å²) in [6, 6.07) is 30.4. The maximum atomic E-state index is 6.47. The zero-order chi connectivity index (χ0) is 30.7. The number of ether oxygens (including phenoxy) is 5. The zero-order valence-corrected chi connectivity index (χ0v) is 26.5. The van der Waals surface area contributed by atoms with E-state index in [9.17, 15) is 0 Å². The van der Waals surface area contributed by atoms with E-state index in [2.05, 4.69) is 48.5 Å². The van der Waals surface area contributed by atoms with Crippen molar-refractivity contribution in [3.05, 3.63) is 124 Å². The van der Waals surface area contributed by atoms with Crippen LogP contribution in [0.2, 0.25) is 5.02 Å². The van der Waals surface area contributed by atoms with Gasteiger partial charge in [0.2, 0.25) is 0 Å². The first-order valence-electron chi connectivity index (χ1n) is 15.2. The molecular formula is C38H41ClO5. The first-order valence-corrected chi connectivity index (χ1v) is 15.6. The van der Waals surface area contributed by atoms with Gasteiger partial charge in [-0.05, 0) is 109 Å². The van der Waals surface area contributed by atoms with Gasteiger partial charge >= 0.3 is 0 Å². The second kappa shape index (κ2) is 15.7. The molecule has 44 heavy (non-hydrogen) atoms. The summed E-state index contributed by atoms with van der Waals surface area (Å²) in [5.41, 5.74) is 5.85. The maximum Gasteiger partial charge on any atom is 0.128 e. The summed E-state index contributed by atoms with van der Waals surface area (Å²) in [4.78, 5) is 0. The summed E-state index contributed by atoms with van der Waals surface area (Å²) < 4.78 is 28.9. The number of benzene rings is 4. The predicted molar refractivity (Wildman–Crippen MR) is 177 cm³/mol. The van der Waals surface area contributed by atoms with Gasteiger partial charge in [-0.1, -0.05) is 54.1 Å². The Morgan fingerprint density at radius 3 is 1.95 bits per heavy atom. The molecule has 5 rings (SSSR count). The van der Waals surface area contributed by atoms with E-state index in [-0.39, 0.29) is 5.92 Å². The van der Waals surface area contributed by atoms with Crippen molar-refractivity contribution in [2.75, 3.05) is 27.4 Å². The zero-order valence-electron chi connectivity index (χ0n) is 25.8. The molecule has 0 bridgehead atoms. The van der Waals surface area contributed by atoms with Crippen LogP contribution in [0.3, 0.4) is 0 Å². The molecule has 4 aromatic rings. The average Bonchev–Trinajstić information content (AvgIpc) is 3.05. The molecular weight excluding hydrogens is 572 g/mol. The van der Waals surface area contributed by atoms with Crippen molar-refractivity contribution >= 4 is 17.2 Å². The molecule has 1 aliphatic carbocycles. The molecule has 230 valence electrons. The molecule has 0 fully saturated rings. The van der Waals surface area contributed by atoms with Crippen LogP contribution in [0.4, 0.5) is 0 Å². The monoisotopic (exact) mass is 612 g/mol. The molecule has 0 spiro atoms. The molecule has 0 radical (unpaired) electrons. The first-order chi connectivity index (χ1) is 21.5. The molecule has 1 aliphatic rings. The SMILES string of the molecule is CCOc1ccc(CC2CC(c3ccc(Cl)cc3OCc3ccc(OC)cc3)=CC(COCc3ccc(OC)cc3)C2)cc1. The van der Waals surface area contributed by atoms with Crippen molar-refractivity contribution in [1.29, 1.82) is 0 Å². The van der Waals surface area contributed by atoms with E-state index < -0.39 is 0 Å². The Morgan fingerprint density at radius 2 is 1.32 bits per heavy atom. The standard InChI is InChI=1S/C38H41ClO5/c1-4-43-36-16-5-27(6-17-36)19-30-20-31(25-42-24-28-7-12-34(40-2)13-8-28)22-32(21-30)37-18-11-33(39)23-38(37)44-26-29-9-14-35(41-3)15-10-29/h5-18,22-23,30-31H,4,19-21,24-26H2,1-3H3. The smallest absolute Gasteiger partial charge is 0.128 e. The molecule has 5 nitrogen and oxygen atoms in total. The summed E-state index contributed by atoms with van der Waals surface area (Å²) in [5, 5.41) is 0.653. The number of methoxy groups -OCH3 is 2. The minimum atomic E-state index is 0.273. The van der Waals surface area contributed by atoms with Gasteiger partial charge in [0.05, 0.1) is 34.0 Å². The third kappa shape index (κ3) is 8.81. The van der Waals surface area contributed by atoms with Crippen LogP contribution in [0.25, 0.3) is 5.57 Å². The molecule has 0 aromatic heterocycles. The fourth-order valence-electron chi connectivity index (χ4n) is 5.75. The molecule has 0 amide bonds. The van der Waals surface area contributed by atoms with E-state index in [0.717, 1.165) is 59.0 Å². The molecule has 0 aliphatic heterocycles. The molecule has 0 saturated carbocycles. The van der Waals surface area contributed by atoms with Crippen LogP contribution in [0.5, 0.6) is 23.0 Å². The third-order valence-electron chi connectivity index (χ3n) is 7.94. The molecule has 6 heteroatoms. The molecule has 2 unspecified atom stereocenters. The van der Waals surface area contributed by atoms with Crippen molar-refractivity contribution in [1.82, 2.24) is 0 Å². The minimum Gasteiger partial charge on any atom is -0.497 e. The van der Waals surface area contributed by atoms with Crippen LogP contribution in [0.1, 0.15) is 42.0 Å². The summed E-state index contributed by atoms with van der Waals surface area (Å²) in [6.45, 7) is 4.31. The van der Waals surface area contributed by atoms with Crippen molar-refractivity contribution in [2.45, 2.75) is 39.4 Å². The van der Waals surface area contributed by atoms with E-state index in [4.69, 9.17) is 35.3 Å². The number of allylic oxidation sites excluding steroid dienone is 1. The lowest BCUT2D eigenvalue weighted by atomic mass is 9.77. The minimum absolute atomic E-state index is 0.273. The Kier molecular flexibility index (Phi) is 11.2. The summed E-state index contributed by atoms with van der Waals surface area (Å²) >= 11 is 6.47. The van der Waals surface area contributed by atoms with Gasteiger partial charge in [-0.25, -0.2) is 0 Å². The lowest BCUT2D eigenvalue weighted by Gasteiger charge is -2.30. The highest BCUT2D eigenvalue weighted by Gasteiger charge is 2.25. The van der Waals surface area contributed by atoms with Gasteiger partial charge < -0.3 is 23.7 Å². The second-order valence-electron chi connectivity index (χ2n) is 11.2. The van der Waals surface area contributed by atoms with E-state index in [0.29, 0.717) is 37.4 Å². The van der Waals surface area contributed by atoms with Crippen LogP contribution in [0.15, 0.2) is 97.1 Å². The number of rotatable bonds is 14. The van der Waals surface area contributed by atoms with Crippen LogP contribution < -0.4 is 18.9 Å². The molecule has 0 heterocycles. The molecule has 2 atom stereocenters. The van der Waals surface area contributed by atoms with Gasteiger partial charge in [0, 0.05) is 16.5 Å². The molecule has 4 aromatic carbocycles. The van der Waals surface area contributed by atoms with E-state index in [1.54, 1.807) is 14.2 Å². The second-order valence-corrected chi connectivity index (χ2v) is 11.6. The van der Waals surface area contributed by atoms with E-state index in [1.807, 2.05) is 55.5 Å². The third-order valence-corrected chi connectivity index (χ3v) is 8.18. The van der Waals surface area contributed by atoms with Gasteiger partial charge in [0.1, 0.15) is 29.6 Å². The van der Waals surface area contributed by atoms with Crippen LogP contribution in [0, 0.1) is 11.8 Å². The maximum absolute atomic E-state index is 6.47. The highest BCUT2D eigenvalue weighted by molar-refractivity contribution is 6.30. The van der Waals surface area contributed by atoms with E-state index >= 15 is 0 Å². The summed E-state index contributed by atoms with van der Waals surface area (Å²) in [6.07, 6.45) is 5.36. The molecule has 0 N–H and O–H groups in total. The lowest BCUT2D eigenvalue weighted by Crippen LogP contribution is -2.20. The predicted octanol–water partition coefficient (Wildman–Crippen LogP) is 9.20. The summed E-state index contributed by atoms with van der Waals surface area (Å²) in [5.74, 6) is 4.09. The van der Waals surface area contributed by atoms with Gasteiger partial charge in [-0.2, -0.15) is 0 Å². The highest BCUT2D eigenvalue weighted by atomic mass is 35.5. The van der Waals surface area contributed by atoms with Crippen LogP contribution >= 0.6 is 11.6 Å². The Hall–Kier alpha value is -3.93. The number of hydrogen-bond donors (Lipinski definition) is 0. The Balaban J connectivity index is 1.34. The quantitative estimate of drug-likeness (QED) is 0.142. The average molecular weight is 613 g/mol. The fourth-order valence-corrected chi connectivity index (χ4v) is 5.91. The summed E-state index contributed by atoms with van der Waals surface area (Å²) in [7, 11) is 3.35.